The van der Waals surface area contributed by atoms with E-state index in [0.29, 0.717) is 0 Å². The maximum absolute atomic E-state index is 12.7. The van der Waals surface area contributed by atoms with Crippen LogP contribution in [0.4, 0.5) is 10.7 Å². The molecule has 2 aromatic rings. The fourth-order valence-corrected chi connectivity index (χ4v) is 3.71. The van der Waals surface area contributed by atoms with Crippen molar-refractivity contribution < 1.29 is 28.8 Å². The van der Waals surface area contributed by atoms with Crippen LogP contribution in [0, 0.1) is 17.0 Å². The van der Waals surface area contributed by atoms with Crippen molar-refractivity contribution >= 4 is 51.5 Å². The Kier molecular flexibility index (Phi) is 7.29. The highest BCUT2D eigenvalue weighted by Gasteiger charge is 2.29. The molecule has 0 atom stereocenters. The van der Waals surface area contributed by atoms with Crippen molar-refractivity contribution in [3.05, 3.63) is 54.9 Å². The van der Waals surface area contributed by atoms with E-state index in [-0.39, 0.29) is 44.8 Å². The first-order valence-corrected chi connectivity index (χ1v) is 9.63. The first kappa shape index (κ1) is 22.3. The second-order valence-electron chi connectivity index (χ2n) is 5.57. The Hall–Kier alpha value is -2.98. The molecule has 1 aromatic heterocycles. The highest BCUT2D eigenvalue weighted by atomic mass is 35.5. The maximum Gasteiger partial charge on any atom is 0.348 e. The monoisotopic (exact) mass is 440 g/mol. The Morgan fingerprint density at radius 1 is 1.17 bits per heavy atom. The van der Waals surface area contributed by atoms with Gasteiger partial charge in [0.1, 0.15) is 15.4 Å². The molecular formula is C18H17ClN2O7S. The number of benzene rings is 1. The Labute approximate surface area is 174 Å². The average Bonchev–Trinajstić information content (AvgIpc) is 2.98. The third kappa shape index (κ3) is 4.90. The van der Waals surface area contributed by atoms with Crippen LogP contribution in [-0.4, -0.2) is 36.0 Å². The summed E-state index contributed by atoms with van der Waals surface area (Å²) >= 11 is 6.59. The number of amides is 1. The summed E-state index contributed by atoms with van der Waals surface area (Å²) in [7, 11) is 0. The van der Waals surface area contributed by atoms with Crippen LogP contribution in [0.3, 0.4) is 0 Å². The van der Waals surface area contributed by atoms with Gasteiger partial charge in [-0.25, -0.2) is 9.59 Å². The van der Waals surface area contributed by atoms with Crippen molar-refractivity contribution in [1.82, 2.24) is 0 Å². The standard InChI is InChI=1S/C18H17ClN2O7S/c1-4-27-17(23)13-9(3)14(18(24)28-5-2)29-16(13)20-15(22)11-7-6-10(19)8-12(11)21(25)26/h6-8H,4-5H2,1-3H3,(H,20,22). The van der Waals surface area contributed by atoms with Gasteiger partial charge in [-0.3, -0.25) is 14.9 Å². The topological polar surface area (TPSA) is 125 Å². The molecule has 0 aliphatic heterocycles. The minimum Gasteiger partial charge on any atom is -0.462 e. The predicted molar refractivity (Wildman–Crippen MR) is 107 cm³/mol. The van der Waals surface area contributed by atoms with E-state index in [2.05, 4.69) is 5.32 Å². The average molecular weight is 441 g/mol. The number of nitrogens with one attached hydrogen (secondary N) is 1. The number of carbonyl (C=O) groups is 3. The van der Waals surface area contributed by atoms with Crippen molar-refractivity contribution in [2.75, 3.05) is 18.5 Å². The number of nitro groups is 1. The van der Waals surface area contributed by atoms with Crippen LogP contribution in [0.2, 0.25) is 5.02 Å². The molecule has 0 aliphatic rings. The van der Waals surface area contributed by atoms with Crippen LogP contribution in [0.1, 0.15) is 49.8 Å². The maximum atomic E-state index is 12.7. The van der Waals surface area contributed by atoms with Gasteiger partial charge in [0.25, 0.3) is 11.6 Å². The Balaban J connectivity index is 2.50. The molecule has 9 nitrogen and oxygen atoms in total. The molecular weight excluding hydrogens is 424 g/mol. The molecule has 11 heteroatoms. The van der Waals surface area contributed by atoms with Gasteiger partial charge in [-0.05, 0) is 38.5 Å². The molecule has 0 saturated heterocycles. The Morgan fingerprint density at radius 3 is 2.38 bits per heavy atom. The van der Waals surface area contributed by atoms with E-state index in [4.69, 9.17) is 21.1 Å². The molecule has 1 heterocycles. The highest BCUT2D eigenvalue weighted by molar-refractivity contribution is 7.18. The summed E-state index contributed by atoms with van der Waals surface area (Å²) in [6, 6.07) is 3.58. The van der Waals surface area contributed by atoms with E-state index in [0.717, 1.165) is 17.4 Å². The number of hydrogen-bond donors (Lipinski definition) is 1. The number of carbonyl (C=O) groups excluding carboxylic acids is 3. The van der Waals surface area contributed by atoms with Crippen LogP contribution in [0.15, 0.2) is 18.2 Å². The number of rotatable bonds is 7. The lowest BCUT2D eigenvalue weighted by Gasteiger charge is -2.07. The quantitative estimate of drug-likeness (QED) is 0.388. The number of ether oxygens (including phenoxy) is 2. The number of anilines is 1. The molecule has 0 spiro atoms. The predicted octanol–water partition coefficient (Wildman–Crippen LogP) is 4.22. The van der Waals surface area contributed by atoms with Gasteiger partial charge >= 0.3 is 11.9 Å². The molecule has 0 bridgehead atoms. The van der Waals surface area contributed by atoms with Gasteiger partial charge in [0.2, 0.25) is 0 Å². The molecule has 0 saturated carbocycles. The van der Waals surface area contributed by atoms with Gasteiger partial charge in [-0.15, -0.1) is 11.3 Å². The molecule has 1 aromatic carbocycles. The van der Waals surface area contributed by atoms with E-state index in [1.807, 2.05) is 0 Å². The van der Waals surface area contributed by atoms with E-state index >= 15 is 0 Å². The Bertz CT molecular complexity index is 987. The first-order valence-electron chi connectivity index (χ1n) is 8.44. The summed E-state index contributed by atoms with van der Waals surface area (Å²) in [5.74, 6) is -2.23. The normalized spacial score (nSPS) is 10.3. The smallest absolute Gasteiger partial charge is 0.348 e. The summed E-state index contributed by atoms with van der Waals surface area (Å²) in [4.78, 5) is 47.8. The lowest BCUT2D eigenvalue weighted by atomic mass is 10.1. The zero-order chi connectivity index (χ0) is 21.7. The van der Waals surface area contributed by atoms with Crippen molar-refractivity contribution in [3.8, 4) is 0 Å². The van der Waals surface area contributed by atoms with E-state index in [1.54, 1.807) is 13.8 Å². The molecule has 154 valence electrons. The number of esters is 2. The van der Waals surface area contributed by atoms with Gasteiger partial charge in [0.15, 0.2) is 0 Å². The second kappa shape index (κ2) is 9.48. The summed E-state index contributed by atoms with van der Waals surface area (Å²) in [5, 5.41) is 13.8. The van der Waals surface area contributed by atoms with Crippen molar-refractivity contribution in [1.29, 1.82) is 0 Å². The molecule has 0 radical (unpaired) electrons. The number of hydrogen-bond acceptors (Lipinski definition) is 8. The van der Waals surface area contributed by atoms with Crippen molar-refractivity contribution in [2.45, 2.75) is 20.8 Å². The molecule has 1 amide bonds. The molecule has 0 aliphatic carbocycles. The number of halogens is 1. The van der Waals surface area contributed by atoms with Gasteiger partial charge in [0.05, 0.1) is 23.7 Å². The number of nitro benzene ring substituents is 1. The van der Waals surface area contributed by atoms with Gasteiger partial charge in [0, 0.05) is 11.1 Å². The van der Waals surface area contributed by atoms with E-state index in [1.165, 1.54) is 19.1 Å². The summed E-state index contributed by atoms with van der Waals surface area (Å²) < 4.78 is 9.98. The fourth-order valence-electron chi connectivity index (χ4n) is 2.46. The van der Waals surface area contributed by atoms with Crippen molar-refractivity contribution in [3.63, 3.8) is 0 Å². The zero-order valence-corrected chi connectivity index (χ0v) is 17.3. The molecule has 0 unspecified atom stereocenters. The largest absolute Gasteiger partial charge is 0.462 e. The zero-order valence-electron chi connectivity index (χ0n) is 15.7. The molecule has 2 rings (SSSR count). The third-order valence-corrected chi connectivity index (χ3v) is 5.14. The highest BCUT2D eigenvalue weighted by Crippen LogP contribution is 2.35. The lowest BCUT2D eigenvalue weighted by molar-refractivity contribution is -0.385. The SMILES string of the molecule is CCOC(=O)c1sc(NC(=O)c2ccc(Cl)cc2[N+](=O)[O-])c(C(=O)OCC)c1C. The lowest BCUT2D eigenvalue weighted by Crippen LogP contribution is -2.16. The summed E-state index contributed by atoms with van der Waals surface area (Å²) in [6.45, 7) is 4.98. The molecule has 0 fully saturated rings. The first-order chi connectivity index (χ1) is 13.7. The fraction of sp³-hybridized carbons (Fsp3) is 0.278. The van der Waals surface area contributed by atoms with Gasteiger partial charge < -0.3 is 14.8 Å². The summed E-state index contributed by atoms with van der Waals surface area (Å²) in [5.41, 5.74) is -0.470. The second-order valence-corrected chi connectivity index (χ2v) is 7.03. The molecule has 1 N–H and O–H groups in total. The van der Waals surface area contributed by atoms with E-state index < -0.39 is 28.5 Å². The minimum absolute atomic E-state index is 0.00938. The van der Waals surface area contributed by atoms with E-state index in [9.17, 15) is 24.5 Å². The number of thiophene rings is 1. The van der Waals surface area contributed by atoms with Gasteiger partial charge in [-0.1, -0.05) is 11.6 Å². The molecule has 29 heavy (non-hydrogen) atoms. The van der Waals surface area contributed by atoms with Crippen molar-refractivity contribution in [2.24, 2.45) is 0 Å². The Morgan fingerprint density at radius 2 is 1.79 bits per heavy atom. The van der Waals surface area contributed by atoms with Crippen LogP contribution < -0.4 is 5.32 Å². The van der Waals surface area contributed by atoms with Crippen LogP contribution in [0.25, 0.3) is 0 Å². The number of nitrogens with zero attached hydrogens (tertiary/aromatic N) is 1. The van der Waals surface area contributed by atoms with Crippen LogP contribution in [-0.2, 0) is 9.47 Å². The summed E-state index contributed by atoms with van der Waals surface area (Å²) in [6.07, 6.45) is 0. The van der Waals surface area contributed by atoms with Crippen LogP contribution >= 0.6 is 22.9 Å². The van der Waals surface area contributed by atoms with Gasteiger partial charge in [-0.2, -0.15) is 0 Å². The minimum atomic E-state index is -0.837. The third-order valence-electron chi connectivity index (χ3n) is 3.72. The van der Waals surface area contributed by atoms with Crippen LogP contribution in [0.5, 0.6) is 0 Å².